The molecule has 0 bridgehead atoms. The molecule has 0 aliphatic carbocycles. The van der Waals surface area contributed by atoms with Gasteiger partial charge in [-0.1, -0.05) is 39.7 Å². The molecule has 0 aromatic heterocycles. The van der Waals surface area contributed by atoms with Crippen molar-refractivity contribution in [2.75, 3.05) is 17.6 Å². The van der Waals surface area contributed by atoms with Gasteiger partial charge in [0.25, 0.3) is 0 Å². The molecule has 2 rings (SSSR count). The second kappa shape index (κ2) is 6.41. The molecule has 0 unspecified atom stereocenters. The van der Waals surface area contributed by atoms with E-state index in [2.05, 4.69) is 21.2 Å². The second-order valence-corrected chi connectivity index (χ2v) is 7.59. The molecule has 3 nitrogen and oxygen atoms in total. The Hall–Kier alpha value is -1.33. The highest BCUT2D eigenvalue weighted by molar-refractivity contribution is 9.10. The Kier molecular flexibility index (Phi) is 4.83. The quantitative estimate of drug-likeness (QED) is 0.892. The van der Waals surface area contributed by atoms with Crippen molar-refractivity contribution in [3.63, 3.8) is 0 Å². The van der Waals surface area contributed by atoms with E-state index in [1.807, 2.05) is 43.3 Å². The van der Waals surface area contributed by atoms with E-state index in [0.717, 1.165) is 15.7 Å². The lowest BCUT2D eigenvalue weighted by Gasteiger charge is -2.08. The predicted octanol–water partition coefficient (Wildman–Crippen LogP) is 3.64. The van der Waals surface area contributed by atoms with Gasteiger partial charge in [0, 0.05) is 16.7 Å². The van der Waals surface area contributed by atoms with Gasteiger partial charge in [-0.3, -0.25) is 0 Å². The minimum atomic E-state index is -3.23. The van der Waals surface area contributed by atoms with E-state index in [4.69, 9.17) is 0 Å². The fourth-order valence-corrected chi connectivity index (χ4v) is 3.35. The Morgan fingerprint density at radius 2 is 1.80 bits per heavy atom. The van der Waals surface area contributed by atoms with Crippen LogP contribution in [-0.2, 0) is 9.84 Å². The van der Waals surface area contributed by atoms with Crippen LogP contribution in [-0.4, -0.2) is 20.7 Å². The van der Waals surface area contributed by atoms with Crippen molar-refractivity contribution in [3.05, 3.63) is 58.6 Å². The van der Waals surface area contributed by atoms with Crippen LogP contribution < -0.4 is 5.32 Å². The molecule has 5 heteroatoms. The standard InChI is InChI=1S/C15H16BrNO2S/c1-12-5-7-15(8-6-12)20(18,19)10-9-17-14-4-2-3-13(16)11-14/h2-8,11,17H,9-10H2,1H3. The van der Waals surface area contributed by atoms with Gasteiger partial charge in [0.1, 0.15) is 0 Å². The maximum absolute atomic E-state index is 12.2. The second-order valence-electron chi connectivity index (χ2n) is 4.57. The van der Waals surface area contributed by atoms with Gasteiger partial charge >= 0.3 is 0 Å². The molecule has 0 amide bonds. The minimum absolute atomic E-state index is 0.0720. The number of hydrogen-bond donors (Lipinski definition) is 1. The van der Waals surface area contributed by atoms with Gasteiger partial charge in [-0.05, 0) is 37.3 Å². The summed E-state index contributed by atoms with van der Waals surface area (Å²) in [5, 5.41) is 3.11. The maximum atomic E-state index is 12.2. The first-order valence-electron chi connectivity index (χ1n) is 6.26. The van der Waals surface area contributed by atoms with Crippen LogP contribution in [0, 0.1) is 6.92 Å². The topological polar surface area (TPSA) is 46.2 Å². The van der Waals surface area contributed by atoms with Gasteiger partial charge in [0.15, 0.2) is 9.84 Å². The number of aryl methyl sites for hydroxylation is 1. The van der Waals surface area contributed by atoms with Crippen molar-refractivity contribution in [3.8, 4) is 0 Å². The van der Waals surface area contributed by atoms with E-state index < -0.39 is 9.84 Å². The molecule has 0 aliphatic rings. The SMILES string of the molecule is Cc1ccc(S(=O)(=O)CCNc2cccc(Br)c2)cc1. The van der Waals surface area contributed by atoms with Crippen LogP contribution in [0.4, 0.5) is 5.69 Å². The van der Waals surface area contributed by atoms with Gasteiger partial charge in [-0.25, -0.2) is 8.42 Å². The zero-order chi connectivity index (χ0) is 14.6. The van der Waals surface area contributed by atoms with Crippen LogP contribution in [0.5, 0.6) is 0 Å². The molecule has 0 saturated heterocycles. The summed E-state index contributed by atoms with van der Waals surface area (Å²) >= 11 is 3.38. The van der Waals surface area contributed by atoms with Crippen LogP contribution in [0.2, 0.25) is 0 Å². The Morgan fingerprint density at radius 1 is 1.10 bits per heavy atom. The van der Waals surface area contributed by atoms with Crippen molar-refractivity contribution < 1.29 is 8.42 Å². The molecule has 20 heavy (non-hydrogen) atoms. The average Bonchev–Trinajstić information content (AvgIpc) is 2.39. The van der Waals surface area contributed by atoms with Gasteiger partial charge in [-0.2, -0.15) is 0 Å². The molecule has 0 atom stereocenters. The number of hydrogen-bond acceptors (Lipinski definition) is 3. The van der Waals surface area contributed by atoms with Crippen LogP contribution in [0.3, 0.4) is 0 Å². The number of rotatable bonds is 5. The fraction of sp³-hybridized carbons (Fsp3) is 0.200. The summed E-state index contributed by atoms with van der Waals surface area (Å²) in [7, 11) is -3.23. The van der Waals surface area contributed by atoms with Crippen LogP contribution in [0.25, 0.3) is 0 Å². The van der Waals surface area contributed by atoms with Gasteiger partial charge < -0.3 is 5.32 Å². The molecule has 0 aliphatic heterocycles. The van der Waals surface area contributed by atoms with Crippen molar-refractivity contribution in [1.29, 1.82) is 0 Å². The first-order chi connectivity index (χ1) is 9.47. The van der Waals surface area contributed by atoms with Crippen molar-refractivity contribution in [2.24, 2.45) is 0 Å². The van der Waals surface area contributed by atoms with E-state index in [1.54, 1.807) is 12.1 Å². The summed E-state index contributed by atoms with van der Waals surface area (Å²) < 4.78 is 25.3. The third-order valence-electron chi connectivity index (χ3n) is 2.90. The highest BCUT2D eigenvalue weighted by atomic mass is 79.9. The molecular weight excluding hydrogens is 338 g/mol. The monoisotopic (exact) mass is 353 g/mol. The third kappa shape index (κ3) is 4.08. The highest BCUT2D eigenvalue weighted by Crippen LogP contribution is 2.16. The first kappa shape index (κ1) is 15.1. The molecule has 0 fully saturated rings. The molecular formula is C15H16BrNO2S. The Morgan fingerprint density at radius 3 is 2.45 bits per heavy atom. The summed E-state index contributed by atoms with van der Waals surface area (Å²) in [5.41, 5.74) is 1.95. The van der Waals surface area contributed by atoms with E-state index in [9.17, 15) is 8.42 Å². The lowest BCUT2D eigenvalue weighted by molar-refractivity contribution is 0.596. The highest BCUT2D eigenvalue weighted by Gasteiger charge is 2.13. The maximum Gasteiger partial charge on any atom is 0.180 e. The lowest BCUT2D eigenvalue weighted by atomic mass is 10.2. The number of sulfone groups is 1. The third-order valence-corrected chi connectivity index (χ3v) is 5.13. The van der Waals surface area contributed by atoms with E-state index in [1.165, 1.54) is 0 Å². The smallest absolute Gasteiger partial charge is 0.180 e. The van der Waals surface area contributed by atoms with Crippen LogP contribution >= 0.6 is 15.9 Å². The largest absolute Gasteiger partial charge is 0.384 e. The van der Waals surface area contributed by atoms with Crippen LogP contribution in [0.1, 0.15) is 5.56 Å². The van der Waals surface area contributed by atoms with Crippen molar-refractivity contribution in [2.45, 2.75) is 11.8 Å². The normalized spacial score (nSPS) is 11.3. The molecule has 2 aromatic carbocycles. The molecule has 1 N–H and O–H groups in total. The van der Waals surface area contributed by atoms with Crippen molar-refractivity contribution >= 4 is 31.5 Å². The first-order valence-corrected chi connectivity index (χ1v) is 8.71. The minimum Gasteiger partial charge on any atom is -0.384 e. The van der Waals surface area contributed by atoms with Gasteiger partial charge in [0.2, 0.25) is 0 Å². The van der Waals surface area contributed by atoms with Crippen LogP contribution in [0.15, 0.2) is 57.9 Å². The van der Waals surface area contributed by atoms with Gasteiger partial charge in [0.05, 0.1) is 10.6 Å². The predicted molar refractivity (Wildman–Crippen MR) is 85.9 cm³/mol. The number of anilines is 1. The Bertz CT molecular complexity index is 681. The zero-order valence-corrected chi connectivity index (χ0v) is 13.5. The molecule has 0 heterocycles. The average molecular weight is 354 g/mol. The molecule has 2 aromatic rings. The fourth-order valence-electron chi connectivity index (χ4n) is 1.79. The lowest BCUT2D eigenvalue weighted by Crippen LogP contribution is -2.15. The van der Waals surface area contributed by atoms with E-state index in [0.29, 0.717) is 11.4 Å². The van der Waals surface area contributed by atoms with E-state index in [-0.39, 0.29) is 5.75 Å². The number of halogens is 1. The molecule has 0 spiro atoms. The zero-order valence-electron chi connectivity index (χ0n) is 11.1. The van der Waals surface area contributed by atoms with Crippen molar-refractivity contribution in [1.82, 2.24) is 0 Å². The summed E-state index contributed by atoms with van der Waals surface area (Å²) in [6.45, 7) is 2.32. The Balaban J connectivity index is 1.98. The molecule has 106 valence electrons. The summed E-state index contributed by atoms with van der Waals surface area (Å²) in [4.78, 5) is 0.374. The Labute approximate surface area is 128 Å². The van der Waals surface area contributed by atoms with Gasteiger partial charge in [-0.15, -0.1) is 0 Å². The summed E-state index contributed by atoms with van der Waals surface area (Å²) in [6.07, 6.45) is 0. The number of nitrogens with one attached hydrogen (secondary N) is 1. The van der Waals surface area contributed by atoms with E-state index >= 15 is 0 Å². The molecule has 0 radical (unpaired) electrons. The summed E-state index contributed by atoms with van der Waals surface area (Å²) in [5.74, 6) is 0.0720. The molecule has 0 saturated carbocycles. The summed E-state index contributed by atoms with van der Waals surface area (Å²) in [6, 6.07) is 14.6. The number of benzene rings is 2.